The molecule has 0 saturated heterocycles. The fourth-order valence-corrected chi connectivity index (χ4v) is 3.69. The van der Waals surface area contributed by atoms with Crippen LogP contribution in [-0.4, -0.2) is 9.38 Å². The van der Waals surface area contributed by atoms with Crippen LogP contribution in [0.4, 0.5) is 0 Å². The first-order valence-corrected chi connectivity index (χ1v) is 10.4. The van der Waals surface area contributed by atoms with Gasteiger partial charge in [0, 0.05) is 23.7 Å². The summed E-state index contributed by atoms with van der Waals surface area (Å²) in [6, 6.07) is 15.0. The number of quaternary nitrogens is 1. The highest BCUT2D eigenvalue weighted by atomic mass is 16.1. The van der Waals surface area contributed by atoms with Crippen LogP contribution in [0.25, 0.3) is 5.65 Å². The largest absolute Gasteiger partial charge is 0.335 e. The van der Waals surface area contributed by atoms with Crippen LogP contribution in [0.2, 0.25) is 0 Å². The molecule has 0 fully saturated rings. The molecule has 148 valence electrons. The molecule has 4 heteroatoms. The monoisotopic (exact) mass is 378 g/mol. The van der Waals surface area contributed by atoms with Crippen molar-refractivity contribution < 1.29 is 5.32 Å². The van der Waals surface area contributed by atoms with Crippen molar-refractivity contribution >= 4 is 5.65 Å². The van der Waals surface area contributed by atoms with Crippen LogP contribution in [0, 0.1) is 12.8 Å². The molecular weight excluding hydrogens is 346 g/mol. The Morgan fingerprint density at radius 1 is 1.11 bits per heavy atom. The highest BCUT2D eigenvalue weighted by Gasteiger charge is 2.19. The van der Waals surface area contributed by atoms with Gasteiger partial charge in [-0.3, -0.25) is 9.20 Å². The molecule has 0 saturated carbocycles. The van der Waals surface area contributed by atoms with E-state index in [9.17, 15) is 4.79 Å². The fraction of sp³-hybridized carbons (Fsp3) is 0.417. The van der Waals surface area contributed by atoms with Gasteiger partial charge in [0.1, 0.15) is 23.9 Å². The first-order chi connectivity index (χ1) is 13.5. The van der Waals surface area contributed by atoms with Gasteiger partial charge in [-0.15, -0.1) is 0 Å². The number of fused-ring (bicyclic) bond motifs is 1. The Hall–Kier alpha value is -2.46. The number of nitrogens with zero attached hydrogens (tertiary/aromatic N) is 2. The van der Waals surface area contributed by atoms with Crippen molar-refractivity contribution in [3.8, 4) is 0 Å². The molecule has 3 aromatic rings. The van der Waals surface area contributed by atoms with Gasteiger partial charge in [-0.2, -0.15) is 0 Å². The smallest absolute Gasteiger partial charge is 0.258 e. The van der Waals surface area contributed by atoms with E-state index in [-0.39, 0.29) is 5.56 Å². The Balaban J connectivity index is 1.76. The van der Waals surface area contributed by atoms with E-state index in [1.165, 1.54) is 24.0 Å². The summed E-state index contributed by atoms with van der Waals surface area (Å²) in [5.74, 6) is 0.491. The standard InChI is InChI=1S/C24H31N3O/c1-5-6-7-19-9-11-20(12-10-19)24(17(2)3)25-15-21-14-23(28)27-16-18(4)8-13-22(27)26-21/h8-14,16-17,24-25H,5-7,15H2,1-4H3/p+1/t24-/m0/s1. The van der Waals surface area contributed by atoms with Gasteiger partial charge >= 0.3 is 0 Å². The molecule has 0 bridgehead atoms. The number of rotatable bonds is 8. The Labute approximate surface area is 167 Å². The average molecular weight is 379 g/mol. The van der Waals surface area contributed by atoms with Crippen molar-refractivity contribution in [1.29, 1.82) is 0 Å². The SMILES string of the molecule is CCCCc1ccc([C@@H]([NH2+]Cc2cc(=O)n3cc(C)ccc3n2)C(C)C)cc1. The molecule has 1 aromatic carbocycles. The number of aromatic nitrogens is 2. The summed E-state index contributed by atoms with van der Waals surface area (Å²) < 4.78 is 1.62. The second-order valence-electron chi connectivity index (χ2n) is 8.08. The molecule has 0 spiro atoms. The summed E-state index contributed by atoms with van der Waals surface area (Å²) in [6.45, 7) is 9.40. The highest BCUT2D eigenvalue weighted by molar-refractivity contribution is 5.39. The van der Waals surface area contributed by atoms with E-state index in [4.69, 9.17) is 0 Å². The molecule has 0 aliphatic rings. The summed E-state index contributed by atoms with van der Waals surface area (Å²) in [7, 11) is 0. The predicted molar refractivity (Wildman–Crippen MR) is 114 cm³/mol. The van der Waals surface area contributed by atoms with E-state index < -0.39 is 0 Å². The van der Waals surface area contributed by atoms with Crippen molar-refractivity contribution in [2.75, 3.05) is 0 Å². The van der Waals surface area contributed by atoms with E-state index in [0.29, 0.717) is 24.2 Å². The normalized spacial score (nSPS) is 12.6. The minimum absolute atomic E-state index is 0.0153. The molecule has 0 radical (unpaired) electrons. The number of hydrogen-bond acceptors (Lipinski definition) is 2. The van der Waals surface area contributed by atoms with Crippen LogP contribution in [0.5, 0.6) is 0 Å². The van der Waals surface area contributed by atoms with Crippen molar-refractivity contribution in [1.82, 2.24) is 9.38 Å². The summed E-state index contributed by atoms with van der Waals surface area (Å²) in [6.07, 6.45) is 5.46. The molecule has 2 N–H and O–H groups in total. The van der Waals surface area contributed by atoms with E-state index >= 15 is 0 Å². The van der Waals surface area contributed by atoms with Gasteiger partial charge in [0.05, 0.1) is 0 Å². The summed E-state index contributed by atoms with van der Waals surface area (Å²) in [5.41, 5.74) is 5.33. The first-order valence-electron chi connectivity index (χ1n) is 10.4. The predicted octanol–water partition coefficient (Wildman–Crippen LogP) is 3.81. The van der Waals surface area contributed by atoms with Gasteiger partial charge in [0.2, 0.25) is 0 Å². The third kappa shape index (κ3) is 4.87. The third-order valence-corrected chi connectivity index (χ3v) is 5.34. The molecule has 2 heterocycles. The molecule has 0 amide bonds. The van der Waals surface area contributed by atoms with Crippen LogP contribution >= 0.6 is 0 Å². The highest BCUT2D eigenvalue weighted by Crippen LogP contribution is 2.19. The zero-order chi connectivity index (χ0) is 20.1. The number of hydrogen-bond donors (Lipinski definition) is 1. The maximum atomic E-state index is 12.4. The molecular formula is C24H32N3O+. The van der Waals surface area contributed by atoms with Crippen LogP contribution < -0.4 is 10.9 Å². The fourth-order valence-electron chi connectivity index (χ4n) is 3.69. The molecule has 4 nitrogen and oxygen atoms in total. The Morgan fingerprint density at radius 2 is 1.86 bits per heavy atom. The summed E-state index contributed by atoms with van der Waals surface area (Å²) >= 11 is 0. The van der Waals surface area contributed by atoms with E-state index in [1.54, 1.807) is 10.5 Å². The first kappa shape index (κ1) is 20.3. The molecule has 0 aliphatic carbocycles. The van der Waals surface area contributed by atoms with Crippen molar-refractivity contribution in [2.24, 2.45) is 5.92 Å². The molecule has 28 heavy (non-hydrogen) atoms. The third-order valence-electron chi connectivity index (χ3n) is 5.34. The number of nitrogens with two attached hydrogens (primary N) is 1. The van der Waals surface area contributed by atoms with Crippen molar-refractivity contribution in [3.63, 3.8) is 0 Å². The lowest BCUT2D eigenvalue weighted by molar-refractivity contribution is -0.717. The lowest BCUT2D eigenvalue weighted by Gasteiger charge is -2.20. The average Bonchev–Trinajstić information content (AvgIpc) is 2.68. The second-order valence-corrected chi connectivity index (χ2v) is 8.08. The van der Waals surface area contributed by atoms with Gasteiger partial charge in [-0.05, 0) is 37.0 Å². The van der Waals surface area contributed by atoms with Gasteiger partial charge in [0.15, 0.2) is 0 Å². The van der Waals surface area contributed by atoms with Crippen molar-refractivity contribution in [2.45, 2.75) is 59.5 Å². The molecule has 0 unspecified atom stereocenters. The Kier molecular flexibility index (Phi) is 6.63. The minimum Gasteiger partial charge on any atom is -0.335 e. The molecule has 3 rings (SSSR count). The molecule has 0 aliphatic heterocycles. The van der Waals surface area contributed by atoms with Crippen LogP contribution in [0.1, 0.15) is 62.0 Å². The van der Waals surface area contributed by atoms with E-state index in [0.717, 1.165) is 17.7 Å². The Bertz CT molecular complexity index is 973. The molecule has 2 aromatic heterocycles. The summed E-state index contributed by atoms with van der Waals surface area (Å²) in [5, 5.41) is 2.30. The van der Waals surface area contributed by atoms with Crippen molar-refractivity contribution in [3.05, 3.63) is 81.4 Å². The molecule has 1 atom stereocenters. The zero-order valence-electron chi connectivity index (χ0n) is 17.5. The van der Waals surface area contributed by atoms with Gasteiger partial charge < -0.3 is 5.32 Å². The maximum Gasteiger partial charge on any atom is 0.258 e. The number of pyridine rings is 1. The Morgan fingerprint density at radius 3 is 2.54 bits per heavy atom. The maximum absolute atomic E-state index is 12.4. The number of aryl methyl sites for hydroxylation is 2. The quantitative estimate of drug-likeness (QED) is 0.648. The van der Waals surface area contributed by atoms with Crippen LogP contribution in [0.3, 0.4) is 0 Å². The topological polar surface area (TPSA) is 51.0 Å². The number of benzene rings is 1. The summed E-state index contributed by atoms with van der Waals surface area (Å²) in [4.78, 5) is 17.1. The van der Waals surface area contributed by atoms with E-state index in [1.807, 2.05) is 25.3 Å². The second kappa shape index (κ2) is 9.16. The van der Waals surface area contributed by atoms with Gasteiger partial charge in [0.25, 0.3) is 5.56 Å². The lowest BCUT2D eigenvalue weighted by atomic mass is 9.94. The number of unbranched alkanes of at least 4 members (excludes halogenated alkanes) is 1. The van der Waals surface area contributed by atoms with Crippen LogP contribution in [-0.2, 0) is 13.0 Å². The van der Waals surface area contributed by atoms with Gasteiger partial charge in [-0.25, -0.2) is 4.98 Å². The zero-order valence-corrected chi connectivity index (χ0v) is 17.5. The van der Waals surface area contributed by atoms with Gasteiger partial charge in [-0.1, -0.05) is 57.5 Å². The minimum atomic E-state index is -0.0153. The lowest BCUT2D eigenvalue weighted by Crippen LogP contribution is -2.84. The van der Waals surface area contributed by atoms with E-state index in [2.05, 4.69) is 55.3 Å². The van der Waals surface area contributed by atoms with Crippen LogP contribution in [0.15, 0.2) is 53.5 Å².